The minimum absolute atomic E-state index is 0.0161. The van der Waals surface area contributed by atoms with Crippen LogP contribution < -0.4 is 5.73 Å². The van der Waals surface area contributed by atoms with E-state index >= 15 is 0 Å². The first-order valence-electron chi connectivity index (χ1n) is 14.6. The summed E-state index contributed by atoms with van der Waals surface area (Å²) in [6.07, 6.45) is 5.99. The molecule has 0 aliphatic carbocycles. The van der Waals surface area contributed by atoms with Crippen LogP contribution in [0.4, 0.5) is 0 Å². The van der Waals surface area contributed by atoms with E-state index in [0.29, 0.717) is 25.8 Å². The molecule has 3 N–H and O–H groups in total. The van der Waals surface area contributed by atoms with Crippen LogP contribution in [-0.4, -0.2) is 52.3 Å². The average Bonchev–Trinajstić information content (AvgIpc) is 3.25. The van der Waals surface area contributed by atoms with E-state index in [1.165, 1.54) is 0 Å². The summed E-state index contributed by atoms with van der Waals surface area (Å²) in [5, 5.41) is 14.1. The van der Waals surface area contributed by atoms with Gasteiger partial charge in [-0.15, -0.1) is 11.3 Å². The second-order valence-electron chi connectivity index (χ2n) is 12.5. The molecule has 1 saturated heterocycles. The second-order valence-corrected chi connectivity index (χ2v) is 13.6. The van der Waals surface area contributed by atoms with Gasteiger partial charge in [-0.05, 0) is 77.5 Å². The lowest BCUT2D eigenvalue weighted by atomic mass is 9.72. The summed E-state index contributed by atoms with van der Waals surface area (Å²) in [7, 11) is 0. The highest BCUT2D eigenvalue weighted by Crippen LogP contribution is 2.40. The number of hydrogen-bond donors (Lipinski definition) is 2. The van der Waals surface area contributed by atoms with Gasteiger partial charge in [-0.2, -0.15) is 0 Å². The molecular formula is C31H52N2O5S. The molecule has 0 saturated carbocycles. The molecule has 0 unspecified atom stereocenters. The van der Waals surface area contributed by atoms with Crippen molar-refractivity contribution in [1.82, 2.24) is 4.98 Å². The van der Waals surface area contributed by atoms with E-state index in [-0.39, 0.29) is 35.8 Å². The van der Waals surface area contributed by atoms with Crippen LogP contribution >= 0.6 is 11.3 Å². The topological polar surface area (TPSA) is 115 Å². The fraction of sp³-hybridized carbons (Fsp3) is 0.774. The van der Waals surface area contributed by atoms with E-state index < -0.39 is 23.5 Å². The molecule has 0 spiro atoms. The van der Waals surface area contributed by atoms with Gasteiger partial charge in [0.2, 0.25) is 0 Å². The standard InChI is InChI=1S/C31H52N2O5S/c1-9-12-20(2)28(35)24(13-10-11-16-32)29(36)30(5,6)15-14-27(34)37-25(18-26-31(7,8)38-26)21(3)17-23-19-39-22(4)33-23/h17,19-20,24-26,28,35H,9-16,18,32H2,1-8H3/b21-17+/t20-,24+,25-,26-,28-/m0/s1. The Hall–Kier alpha value is -1.61. The van der Waals surface area contributed by atoms with Crippen molar-refractivity contribution in [1.29, 1.82) is 0 Å². The highest BCUT2D eigenvalue weighted by molar-refractivity contribution is 7.09. The Balaban J connectivity index is 2.08. The number of aryl methyl sites for hydroxylation is 1. The third-order valence-corrected chi connectivity index (χ3v) is 8.84. The monoisotopic (exact) mass is 564 g/mol. The molecule has 2 heterocycles. The number of epoxide rings is 1. The molecular weight excluding hydrogens is 512 g/mol. The van der Waals surface area contributed by atoms with Crippen LogP contribution in [0.25, 0.3) is 6.08 Å². The van der Waals surface area contributed by atoms with Crippen molar-refractivity contribution in [3.05, 3.63) is 21.7 Å². The zero-order valence-corrected chi connectivity index (χ0v) is 26.2. The van der Waals surface area contributed by atoms with Crippen LogP contribution in [0.2, 0.25) is 0 Å². The second kappa shape index (κ2) is 14.9. The van der Waals surface area contributed by atoms with Crippen LogP contribution in [0.5, 0.6) is 0 Å². The van der Waals surface area contributed by atoms with Gasteiger partial charge in [-0.3, -0.25) is 9.59 Å². The number of carbonyl (C=O) groups is 2. The summed E-state index contributed by atoms with van der Waals surface area (Å²) < 4.78 is 11.8. The van der Waals surface area contributed by atoms with Gasteiger partial charge in [0.25, 0.3) is 0 Å². The number of nitrogens with zero attached hydrogens (tertiary/aromatic N) is 1. The smallest absolute Gasteiger partial charge is 0.306 e. The number of hydrogen-bond acceptors (Lipinski definition) is 8. The van der Waals surface area contributed by atoms with E-state index in [4.69, 9.17) is 15.2 Å². The minimum atomic E-state index is -0.764. The van der Waals surface area contributed by atoms with Crippen molar-refractivity contribution in [2.45, 2.75) is 131 Å². The Morgan fingerprint density at radius 3 is 2.51 bits per heavy atom. The number of esters is 1. The normalized spacial score (nSPS) is 20.3. The van der Waals surface area contributed by atoms with Gasteiger partial charge in [-0.1, -0.05) is 40.5 Å². The number of nitrogens with two attached hydrogens (primary N) is 1. The van der Waals surface area contributed by atoms with E-state index in [1.54, 1.807) is 11.3 Å². The quantitative estimate of drug-likeness (QED) is 0.123. The van der Waals surface area contributed by atoms with E-state index in [2.05, 4.69) is 11.9 Å². The van der Waals surface area contributed by atoms with Gasteiger partial charge in [-0.25, -0.2) is 4.98 Å². The van der Waals surface area contributed by atoms with Crippen LogP contribution in [0.3, 0.4) is 0 Å². The number of ketones is 1. The highest BCUT2D eigenvalue weighted by Gasteiger charge is 2.49. The van der Waals surface area contributed by atoms with E-state index in [0.717, 1.165) is 42.0 Å². The Morgan fingerprint density at radius 2 is 1.97 bits per heavy atom. The number of aromatic nitrogens is 1. The highest BCUT2D eigenvalue weighted by atomic mass is 32.1. The van der Waals surface area contributed by atoms with Gasteiger partial charge in [0, 0.05) is 29.6 Å². The summed E-state index contributed by atoms with van der Waals surface area (Å²) in [5.74, 6) is -0.741. The van der Waals surface area contributed by atoms with Crippen LogP contribution in [-0.2, 0) is 19.1 Å². The number of unbranched alkanes of at least 4 members (excludes halogenated alkanes) is 1. The molecule has 39 heavy (non-hydrogen) atoms. The van der Waals surface area contributed by atoms with Crippen molar-refractivity contribution in [3.8, 4) is 0 Å². The summed E-state index contributed by atoms with van der Waals surface area (Å²) in [6, 6.07) is 0. The van der Waals surface area contributed by atoms with Crippen molar-refractivity contribution < 1.29 is 24.2 Å². The maximum absolute atomic E-state index is 13.7. The predicted octanol–water partition coefficient (Wildman–Crippen LogP) is 6.25. The van der Waals surface area contributed by atoms with Crippen molar-refractivity contribution in [3.63, 3.8) is 0 Å². The number of aliphatic hydroxyl groups is 1. The van der Waals surface area contributed by atoms with Gasteiger partial charge < -0.3 is 20.3 Å². The summed E-state index contributed by atoms with van der Waals surface area (Å²) in [6.45, 7) is 16.4. The lowest BCUT2D eigenvalue weighted by Gasteiger charge is -2.33. The maximum atomic E-state index is 13.7. The molecule has 0 amide bonds. The number of rotatable bonds is 18. The van der Waals surface area contributed by atoms with E-state index in [1.807, 2.05) is 59.9 Å². The van der Waals surface area contributed by atoms with Gasteiger partial charge in [0.05, 0.1) is 28.5 Å². The number of ether oxygens (including phenoxy) is 2. The summed E-state index contributed by atoms with van der Waals surface area (Å²) in [4.78, 5) is 31.3. The molecule has 1 aromatic heterocycles. The molecule has 1 aromatic rings. The molecule has 5 atom stereocenters. The maximum Gasteiger partial charge on any atom is 0.306 e. The molecule has 0 aromatic carbocycles. The Labute approximate surface area is 239 Å². The average molecular weight is 565 g/mol. The number of Topliss-reactive ketones (excluding diaryl/α,β-unsaturated/α-hetero) is 1. The number of thiazole rings is 1. The number of aliphatic hydroxyl groups excluding tert-OH is 1. The molecule has 8 heteroatoms. The van der Waals surface area contributed by atoms with Crippen LogP contribution in [0.1, 0.15) is 111 Å². The first kappa shape index (κ1) is 33.6. The fourth-order valence-electron chi connectivity index (χ4n) is 5.20. The van der Waals surface area contributed by atoms with Gasteiger partial charge >= 0.3 is 5.97 Å². The molecule has 7 nitrogen and oxygen atoms in total. The van der Waals surface area contributed by atoms with Crippen LogP contribution in [0, 0.1) is 24.2 Å². The van der Waals surface area contributed by atoms with E-state index in [9.17, 15) is 14.7 Å². The van der Waals surface area contributed by atoms with Crippen molar-refractivity contribution >= 4 is 29.2 Å². The molecule has 0 bridgehead atoms. The summed E-state index contributed by atoms with van der Waals surface area (Å²) >= 11 is 1.58. The zero-order valence-electron chi connectivity index (χ0n) is 25.4. The zero-order chi connectivity index (χ0) is 29.4. The largest absolute Gasteiger partial charge is 0.458 e. The lowest BCUT2D eigenvalue weighted by molar-refractivity contribution is -0.149. The van der Waals surface area contributed by atoms with Gasteiger partial charge in [0.1, 0.15) is 11.9 Å². The molecule has 2 rings (SSSR count). The third-order valence-electron chi connectivity index (χ3n) is 8.05. The molecule has 0 radical (unpaired) electrons. The molecule has 1 fully saturated rings. The van der Waals surface area contributed by atoms with Crippen molar-refractivity contribution in [2.75, 3.05) is 6.54 Å². The fourth-order valence-corrected chi connectivity index (χ4v) is 5.77. The van der Waals surface area contributed by atoms with Crippen molar-refractivity contribution in [2.24, 2.45) is 23.0 Å². The molecule has 1 aliphatic rings. The predicted molar refractivity (Wildman–Crippen MR) is 158 cm³/mol. The Bertz CT molecular complexity index is 970. The molecule has 1 aliphatic heterocycles. The third kappa shape index (κ3) is 10.4. The minimum Gasteiger partial charge on any atom is -0.458 e. The first-order valence-corrected chi connectivity index (χ1v) is 15.5. The Morgan fingerprint density at radius 1 is 1.31 bits per heavy atom. The SMILES string of the molecule is CCC[C@H](C)[C@H](O)[C@@H](CCCCN)C(=O)C(C)(C)CCC(=O)O[C@@H](C[C@@H]1OC1(C)C)/C(C)=C/c1csc(C)n1. The molecule has 222 valence electrons. The number of carbonyl (C=O) groups excluding carboxylic acids is 2. The van der Waals surface area contributed by atoms with Gasteiger partial charge in [0.15, 0.2) is 0 Å². The van der Waals surface area contributed by atoms with Crippen LogP contribution in [0.15, 0.2) is 11.0 Å². The summed E-state index contributed by atoms with van der Waals surface area (Å²) in [5.41, 5.74) is 6.48. The lowest BCUT2D eigenvalue weighted by Crippen LogP contribution is -2.40. The Kier molecular flexibility index (Phi) is 12.8. The first-order chi connectivity index (χ1) is 18.2.